The molecule has 4 heteroatoms. The Bertz CT molecular complexity index is 261. The highest BCUT2D eigenvalue weighted by Gasteiger charge is 2.44. The molecule has 0 aromatic rings. The normalized spacial score (nSPS) is 28.9. The molecule has 2 rings (SSSR count). The van der Waals surface area contributed by atoms with Gasteiger partial charge in [-0.1, -0.05) is 25.3 Å². The predicted octanol–water partition coefficient (Wildman–Crippen LogP) is 2.13. The third-order valence-electron chi connectivity index (χ3n) is 3.66. The van der Waals surface area contributed by atoms with E-state index in [1.54, 1.807) is 6.08 Å². The summed E-state index contributed by atoms with van der Waals surface area (Å²) in [5, 5.41) is 3.00. The summed E-state index contributed by atoms with van der Waals surface area (Å²) in [6.45, 7) is 5.24. The number of hydrogen-bond acceptors (Lipinski definition) is 1. The van der Waals surface area contributed by atoms with Gasteiger partial charge in [-0.25, -0.2) is 0 Å². The van der Waals surface area contributed by atoms with Gasteiger partial charge in [-0.2, -0.15) is 0 Å². The molecule has 0 radical (unpaired) electrons. The minimum Gasteiger partial charge on any atom is -0.370 e. The van der Waals surface area contributed by atoms with Crippen molar-refractivity contribution in [2.45, 2.75) is 25.7 Å². The fourth-order valence-electron chi connectivity index (χ4n) is 2.37. The summed E-state index contributed by atoms with van der Waals surface area (Å²) in [6, 6.07) is 0. The van der Waals surface area contributed by atoms with Crippen LogP contribution >= 0.6 is 24.0 Å². The minimum absolute atomic E-state index is 0. The van der Waals surface area contributed by atoms with Gasteiger partial charge in [-0.05, 0) is 24.2 Å². The molecule has 2 saturated carbocycles. The first-order valence-corrected chi connectivity index (χ1v) is 5.96. The monoisotopic (exact) mass is 335 g/mol. The van der Waals surface area contributed by atoms with E-state index in [9.17, 15) is 0 Å². The molecule has 2 aliphatic rings. The summed E-state index contributed by atoms with van der Waals surface area (Å²) in [5.41, 5.74) is 5.69. The first kappa shape index (κ1) is 13.8. The van der Waals surface area contributed by atoms with Crippen LogP contribution in [0.25, 0.3) is 0 Å². The van der Waals surface area contributed by atoms with Gasteiger partial charge in [0.05, 0.1) is 0 Å². The number of aliphatic imine (C=N–C) groups is 1. The van der Waals surface area contributed by atoms with Crippen LogP contribution in [-0.4, -0.2) is 19.0 Å². The van der Waals surface area contributed by atoms with Crippen molar-refractivity contribution in [2.24, 2.45) is 28.5 Å². The lowest BCUT2D eigenvalue weighted by Gasteiger charge is -2.25. The van der Waals surface area contributed by atoms with Gasteiger partial charge in [0.15, 0.2) is 5.96 Å². The van der Waals surface area contributed by atoms with E-state index in [-0.39, 0.29) is 24.0 Å². The molecule has 0 unspecified atom stereocenters. The lowest BCUT2D eigenvalue weighted by atomic mass is 9.81. The van der Waals surface area contributed by atoms with Crippen LogP contribution in [0.1, 0.15) is 25.7 Å². The largest absolute Gasteiger partial charge is 0.370 e. The lowest BCUT2D eigenvalue weighted by Crippen LogP contribution is -2.31. The Balaban J connectivity index is 0.00000128. The molecule has 0 heterocycles. The molecule has 2 fully saturated rings. The summed E-state index contributed by atoms with van der Waals surface area (Å²) in [4.78, 5) is 4.35. The summed E-state index contributed by atoms with van der Waals surface area (Å²) in [7, 11) is 0. The summed E-state index contributed by atoms with van der Waals surface area (Å²) in [5.74, 6) is 3.37. The maximum atomic E-state index is 5.69. The van der Waals surface area contributed by atoms with Crippen LogP contribution in [0.3, 0.4) is 0 Å². The third-order valence-corrected chi connectivity index (χ3v) is 3.66. The van der Waals surface area contributed by atoms with Gasteiger partial charge >= 0.3 is 0 Å². The van der Waals surface area contributed by atoms with E-state index in [2.05, 4.69) is 16.9 Å². The quantitative estimate of drug-likeness (QED) is 0.350. The van der Waals surface area contributed by atoms with Crippen molar-refractivity contribution in [3.8, 4) is 0 Å². The topological polar surface area (TPSA) is 50.4 Å². The van der Waals surface area contributed by atoms with Crippen molar-refractivity contribution in [3.05, 3.63) is 12.7 Å². The van der Waals surface area contributed by atoms with Crippen LogP contribution in [0.4, 0.5) is 0 Å². The number of nitrogens with zero attached hydrogens (tertiary/aromatic N) is 1. The highest BCUT2D eigenvalue weighted by atomic mass is 127. The number of nitrogens with two attached hydrogens (primary N) is 1. The van der Waals surface area contributed by atoms with Crippen LogP contribution in [0.15, 0.2) is 17.6 Å². The summed E-state index contributed by atoms with van der Waals surface area (Å²) in [6.07, 6.45) is 7.52. The molecule has 0 aromatic heterocycles. The molecule has 16 heavy (non-hydrogen) atoms. The van der Waals surface area contributed by atoms with Gasteiger partial charge in [0.1, 0.15) is 0 Å². The van der Waals surface area contributed by atoms with E-state index in [0.29, 0.717) is 12.5 Å². The van der Waals surface area contributed by atoms with Gasteiger partial charge in [-0.3, -0.25) is 4.99 Å². The predicted molar refractivity (Wildman–Crippen MR) is 79.0 cm³/mol. The van der Waals surface area contributed by atoms with Gasteiger partial charge in [0.25, 0.3) is 0 Å². The Hall–Kier alpha value is -0.260. The number of nitrogens with one attached hydrogen (secondary N) is 1. The molecule has 92 valence electrons. The van der Waals surface area contributed by atoms with Gasteiger partial charge in [0.2, 0.25) is 0 Å². The second-order valence-corrected chi connectivity index (χ2v) is 4.75. The zero-order valence-corrected chi connectivity index (χ0v) is 12.0. The smallest absolute Gasteiger partial charge is 0.188 e. The van der Waals surface area contributed by atoms with Crippen molar-refractivity contribution < 1.29 is 0 Å². The van der Waals surface area contributed by atoms with Gasteiger partial charge in [0, 0.05) is 13.1 Å². The molecule has 0 saturated heterocycles. The summed E-state index contributed by atoms with van der Waals surface area (Å²) >= 11 is 0. The lowest BCUT2D eigenvalue weighted by molar-refractivity contribution is 0.266. The molecular formula is C12H22IN3. The van der Waals surface area contributed by atoms with Crippen LogP contribution in [0.2, 0.25) is 0 Å². The Morgan fingerprint density at radius 3 is 2.81 bits per heavy atom. The molecular weight excluding hydrogens is 313 g/mol. The standard InChI is InChI=1S/C12H21N3.HI/c1-2-6-14-12(13)15-8-10-7-11(10)9-4-3-5-9;/h2,9-11H,1,3-8H2,(H3,13,14,15);1H/t10-,11-;/m0./s1. The average Bonchev–Trinajstić information content (AvgIpc) is 2.88. The fourth-order valence-corrected chi connectivity index (χ4v) is 2.37. The zero-order valence-electron chi connectivity index (χ0n) is 9.69. The molecule has 3 N–H and O–H groups in total. The van der Waals surface area contributed by atoms with Crippen molar-refractivity contribution >= 4 is 29.9 Å². The second kappa shape index (κ2) is 6.47. The number of hydrogen-bond donors (Lipinski definition) is 2. The number of rotatable bonds is 5. The van der Waals surface area contributed by atoms with Crippen molar-refractivity contribution in [2.75, 3.05) is 13.1 Å². The maximum Gasteiger partial charge on any atom is 0.188 e. The molecule has 2 aliphatic carbocycles. The van der Waals surface area contributed by atoms with Crippen molar-refractivity contribution in [1.29, 1.82) is 0 Å². The molecule has 2 atom stereocenters. The molecule has 3 nitrogen and oxygen atoms in total. The van der Waals surface area contributed by atoms with Crippen LogP contribution in [-0.2, 0) is 0 Å². The second-order valence-electron chi connectivity index (χ2n) is 4.75. The van der Waals surface area contributed by atoms with E-state index in [1.807, 2.05) is 0 Å². The first-order valence-electron chi connectivity index (χ1n) is 5.96. The first-order chi connectivity index (χ1) is 7.31. The minimum atomic E-state index is 0. The number of halogens is 1. The van der Waals surface area contributed by atoms with Crippen LogP contribution in [0, 0.1) is 17.8 Å². The Labute approximate surface area is 115 Å². The highest BCUT2D eigenvalue weighted by Crippen LogP contribution is 2.51. The molecule has 0 amide bonds. The highest BCUT2D eigenvalue weighted by molar-refractivity contribution is 14.0. The van der Waals surface area contributed by atoms with Crippen molar-refractivity contribution in [3.63, 3.8) is 0 Å². The Morgan fingerprint density at radius 1 is 1.50 bits per heavy atom. The van der Waals surface area contributed by atoms with Crippen LogP contribution in [0.5, 0.6) is 0 Å². The summed E-state index contributed by atoms with van der Waals surface area (Å²) < 4.78 is 0. The molecule has 0 bridgehead atoms. The maximum absolute atomic E-state index is 5.69. The average molecular weight is 335 g/mol. The Morgan fingerprint density at radius 2 is 2.25 bits per heavy atom. The Kier molecular flexibility index (Phi) is 5.58. The SMILES string of the molecule is C=CCNC(N)=NC[C@@H]1C[C@H]1C1CCC1.I. The van der Waals surface area contributed by atoms with E-state index in [0.717, 1.165) is 24.3 Å². The van der Waals surface area contributed by atoms with Crippen LogP contribution < -0.4 is 11.1 Å². The van der Waals surface area contributed by atoms with Crippen molar-refractivity contribution in [1.82, 2.24) is 5.32 Å². The van der Waals surface area contributed by atoms with E-state index >= 15 is 0 Å². The fraction of sp³-hybridized carbons (Fsp3) is 0.750. The van der Waals surface area contributed by atoms with Gasteiger partial charge in [-0.15, -0.1) is 30.6 Å². The van der Waals surface area contributed by atoms with Gasteiger partial charge < -0.3 is 11.1 Å². The van der Waals surface area contributed by atoms with E-state index < -0.39 is 0 Å². The zero-order chi connectivity index (χ0) is 10.7. The van der Waals surface area contributed by atoms with E-state index in [1.165, 1.54) is 25.7 Å². The number of guanidine groups is 1. The molecule has 0 aliphatic heterocycles. The molecule has 0 aromatic carbocycles. The third kappa shape index (κ3) is 3.64. The molecule has 0 spiro atoms. The van der Waals surface area contributed by atoms with E-state index in [4.69, 9.17) is 5.73 Å².